The molecule has 7 nitrogen and oxygen atoms in total. The number of ketones is 1. The van der Waals surface area contributed by atoms with Crippen molar-refractivity contribution in [1.29, 1.82) is 0 Å². The Morgan fingerprint density at radius 3 is 2.96 bits per heavy atom. The fourth-order valence-electron chi connectivity index (χ4n) is 2.31. The van der Waals surface area contributed by atoms with Gasteiger partial charge in [-0.25, -0.2) is 4.98 Å². The average Bonchev–Trinajstić information content (AvgIpc) is 2.63. The monoisotopic (exact) mass is 391 g/mol. The molecule has 9 heteroatoms. The van der Waals surface area contributed by atoms with E-state index in [-0.39, 0.29) is 29.6 Å². The summed E-state index contributed by atoms with van der Waals surface area (Å²) >= 11 is 2.85. The number of rotatable bonds is 7. The van der Waals surface area contributed by atoms with E-state index >= 15 is 0 Å². The molecule has 0 aliphatic carbocycles. The van der Waals surface area contributed by atoms with Crippen LogP contribution in [0.3, 0.4) is 0 Å². The molecule has 136 valence electrons. The maximum Gasteiger partial charge on any atom is 0.262 e. The third-order valence-corrected chi connectivity index (χ3v) is 5.28. The first kappa shape index (κ1) is 18.5. The summed E-state index contributed by atoms with van der Waals surface area (Å²) in [6.45, 7) is 2.01. The number of carbonyl (C=O) groups excluding carboxylic acids is 2. The predicted molar refractivity (Wildman–Crippen MR) is 102 cm³/mol. The third kappa shape index (κ3) is 4.67. The number of H-pyrrole nitrogens is 1. The molecule has 1 aromatic carbocycles. The van der Waals surface area contributed by atoms with E-state index < -0.39 is 0 Å². The first-order chi connectivity index (χ1) is 12.5. The van der Waals surface area contributed by atoms with Gasteiger partial charge in [-0.1, -0.05) is 18.7 Å². The number of Topliss-reactive ketones (excluding diaryl/α,β-unsaturated/α-hetero) is 1. The Morgan fingerprint density at radius 1 is 1.31 bits per heavy atom. The molecule has 0 atom stereocenters. The van der Waals surface area contributed by atoms with Crippen molar-refractivity contribution in [1.82, 2.24) is 9.97 Å². The number of hydrogen-bond acceptors (Lipinski definition) is 7. The zero-order chi connectivity index (χ0) is 18.5. The van der Waals surface area contributed by atoms with Crippen LogP contribution < -0.4 is 15.6 Å². The number of aromatic amines is 1. The number of anilines is 1. The maximum absolute atomic E-state index is 12.4. The molecule has 1 aromatic heterocycles. The fraction of sp³-hybridized carbons (Fsp3) is 0.294. The molecule has 3 rings (SSSR count). The molecular weight excluding hydrogens is 374 g/mol. The molecule has 0 saturated heterocycles. The van der Waals surface area contributed by atoms with Gasteiger partial charge in [-0.3, -0.25) is 14.4 Å². The van der Waals surface area contributed by atoms with Crippen LogP contribution in [0.2, 0.25) is 0 Å². The summed E-state index contributed by atoms with van der Waals surface area (Å²) in [5.41, 5.74) is 1.42. The molecular formula is C17H17N3O4S2. The van der Waals surface area contributed by atoms with Crippen molar-refractivity contribution in [2.24, 2.45) is 0 Å². The summed E-state index contributed by atoms with van der Waals surface area (Å²) in [5.74, 6) is 1.89. The molecule has 26 heavy (non-hydrogen) atoms. The summed E-state index contributed by atoms with van der Waals surface area (Å²) in [5, 5.41) is 3.10. The number of nitrogens with one attached hydrogen (secondary N) is 2. The zero-order valence-corrected chi connectivity index (χ0v) is 15.7. The number of benzene rings is 1. The summed E-state index contributed by atoms with van der Waals surface area (Å²) in [7, 11) is 0. The number of amides is 1. The van der Waals surface area contributed by atoms with Gasteiger partial charge in [0.2, 0.25) is 0 Å². The lowest BCUT2D eigenvalue weighted by molar-refractivity contribution is -0.118. The lowest BCUT2D eigenvalue weighted by Gasteiger charge is -2.18. The van der Waals surface area contributed by atoms with Crippen LogP contribution in [0.1, 0.15) is 23.0 Å². The molecule has 0 saturated carbocycles. The second kappa shape index (κ2) is 8.41. The second-order valence-electron chi connectivity index (χ2n) is 5.44. The van der Waals surface area contributed by atoms with Gasteiger partial charge in [0.1, 0.15) is 5.75 Å². The van der Waals surface area contributed by atoms with Crippen molar-refractivity contribution in [2.45, 2.75) is 17.8 Å². The minimum Gasteiger partial charge on any atom is -0.482 e. The van der Waals surface area contributed by atoms with Crippen molar-refractivity contribution in [2.75, 3.05) is 23.4 Å². The number of hydrogen-bond donors (Lipinski definition) is 2. The van der Waals surface area contributed by atoms with Crippen LogP contribution in [0, 0.1) is 0 Å². The largest absolute Gasteiger partial charge is 0.482 e. The maximum atomic E-state index is 12.4. The SMILES string of the molecule is CCSCc1cc(=O)[nH]c(SCC(=O)c2ccc3c(c2)NC(=O)CO3)n1. The van der Waals surface area contributed by atoms with E-state index in [0.29, 0.717) is 33.6 Å². The van der Waals surface area contributed by atoms with Gasteiger partial charge in [0, 0.05) is 17.4 Å². The van der Waals surface area contributed by atoms with Gasteiger partial charge in [0.15, 0.2) is 17.5 Å². The highest BCUT2D eigenvalue weighted by molar-refractivity contribution is 7.99. The molecule has 2 aromatic rings. The minimum atomic E-state index is -0.250. The van der Waals surface area contributed by atoms with Gasteiger partial charge in [-0.05, 0) is 24.0 Å². The first-order valence-corrected chi connectivity index (χ1v) is 10.1. The van der Waals surface area contributed by atoms with Crippen LogP contribution in [0.5, 0.6) is 5.75 Å². The molecule has 0 radical (unpaired) electrons. The Bertz CT molecular complexity index is 898. The summed E-state index contributed by atoms with van der Waals surface area (Å²) in [6.07, 6.45) is 0. The molecule has 1 amide bonds. The highest BCUT2D eigenvalue weighted by Gasteiger charge is 2.18. The molecule has 0 unspecified atom stereocenters. The zero-order valence-electron chi connectivity index (χ0n) is 14.0. The number of fused-ring (bicyclic) bond motifs is 1. The third-order valence-electron chi connectivity index (χ3n) is 3.50. The topological polar surface area (TPSA) is 101 Å². The Hall–Kier alpha value is -2.26. The number of aromatic nitrogens is 2. The highest BCUT2D eigenvalue weighted by atomic mass is 32.2. The summed E-state index contributed by atoms with van der Waals surface area (Å²) in [6, 6.07) is 6.39. The van der Waals surface area contributed by atoms with Crippen LogP contribution in [-0.2, 0) is 10.5 Å². The van der Waals surface area contributed by atoms with E-state index in [0.717, 1.165) is 5.75 Å². The highest BCUT2D eigenvalue weighted by Crippen LogP contribution is 2.29. The number of thioether (sulfide) groups is 2. The molecule has 2 N–H and O–H groups in total. The summed E-state index contributed by atoms with van der Waals surface area (Å²) < 4.78 is 5.28. The lowest BCUT2D eigenvalue weighted by atomic mass is 10.1. The van der Waals surface area contributed by atoms with E-state index in [2.05, 4.69) is 15.3 Å². The van der Waals surface area contributed by atoms with E-state index in [1.165, 1.54) is 17.8 Å². The smallest absolute Gasteiger partial charge is 0.262 e. The van der Waals surface area contributed by atoms with Crippen molar-refractivity contribution in [3.8, 4) is 5.75 Å². The van der Waals surface area contributed by atoms with Crippen LogP contribution in [0.25, 0.3) is 0 Å². The van der Waals surface area contributed by atoms with Crippen molar-refractivity contribution < 1.29 is 14.3 Å². The van der Waals surface area contributed by atoms with Gasteiger partial charge >= 0.3 is 0 Å². The van der Waals surface area contributed by atoms with Crippen molar-refractivity contribution >= 4 is 40.9 Å². The Morgan fingerprint density at radius 2 is 2.15 bits per heavy atom. The van der Waals surface area contributed by atoms with Gasteiger partial charge in [-0.2, -0.15) is 11.8 Å². The molecule has 0 fully saturated rings. The number of carbonyl (C=O) groups is 2. The van der Waals surface area contributed by atoms with Crippen molar-refractivity contribution in [3.63, 3.8) is 0 Å². The van der Waals surface area contributed by atoms with Crippen LogP contribution in [0.4, 0.5) is 5.69 Å². The molecule has 1 aliphatic rings. The Labute approximate surface area is 158 Å². The molecule has 1 aliphatic heterocycles. The van der Waals surface area contributed by atoms with Gasteiger partial charge in [0.05, 0.1) is 17.1 Å². The van der Waals surface area contributed by atoms with E-state index in [4.69, 9.17) is 4.74 Å². The molecule has 0 spiro atoms. The summed E-state index contributed by atoms with van der Waals surface area (Å²) in [4.78, 5) is 42.6. The van der Waals surface area contributed by atoms with Gasteiger partial charge < -0.3 is 15.0 Å². The molecule has 0 bridgehead atoms. The average molecular weight is 391 g/mol. The lowest BCUT2D eigenvalue weighted by Crippen LogP contribution is -2.25. The molecule has 2 heterocycles. The van der Waals surface area contributed by atoms with Crippen LogP contribution >= 0.6 is 23.5 Å². The van der Waals surface area contributed by atoms with Crippen LogP contribution in [-0.4, -0.2) is 39.8 Å². The first-order valence-electron chi connectivity index (χ1n) is 7.96. The number of ether oxygens (including phenoxy) is 1. The Balaban J connectivity index is 1.67. The van der Waals surface area contributed by atoms with E-state index in [1.54, 1.807) is 30.0 Å². The normalized spacial score (nSPS) is 12.9. The standard InChI is InChI=1S/C17H17N3O4S2/c1-2-25-8-11-6-15(22)20-17(18-11)26-9-13(21)10-3-4-14-12(5-10)19-16(23)7-24-14/h3-6H,2,7-9H2,1H3,(H,19,23)(H,18,20,22). The minimum absolute atomic E-state index is 0.0260. The quantitative estimate of drug-likeness (QED) is 0.424. The van der Waals surface area contributed by atoms with Gasteiger partial charge in [0.25, 0.3) is 11.5 Å². The van der Waals surface area contributed by atoms with Gasteiger partial charge in [-0.15, -0.1) is 0 Å². The number of nitrogens with zero attached hydrogens (tertiary/aromatic N) is 1. The Kier molecular flexibility index (Phi) is 6.00. The van der Waals surface area contributed by atoms with Crippen LogP contribution in [0.15, 0.2) is 34.2 Å². The van der Waals surface area contributed by atoms with E-state index in [1.807, 2.05) is 6.92 Å². The van der Waals surface area contributed by atoms with Crippen molar-refractivity contribution in [3.05, 3.63) is 45.9 Å². The fourth-order valence-corrected chi connectivity index (χ4v) is 3.66. The second-order valence-corrected chi connectivity index (χ2v) is 7.68. The predicted octanol–water partition coefficient (Wildman–Crippen LogP) is 2.33. The van der Waals surface area contributed by atoms with E-state index in [9.17, 15) is 14.4 Å².